The molecule has 1 aromatic rings. The van der Waals surface area contributed by atoms with Gasteiger partial charge in [-0.05, 0) is 36.0 Å². The predicted molar refractivity (Wildman–Crippen MR) is 99.9 cm³/mol. The van der Waals surface area contributed by atoms with Crippen LogP contribution in [-0.4, -0.2) is 8.42 Å². The first-order chi connectivity index (χ1) is 10.9. The van der Waals surface area contributed by atoms with Crippen molar-refractivity contribution in [2.75, 3.05) is 0 Å². The summed E-state index contributed by atoms with van der Waals surface area (Å²) in [4.78, 5) is 0.299. The Morgan fingerprint density at radius 3 is 2.04 bits per heavy atom. The number of rotatable bonds is 11. The van der Waals surface area contributed by atoms with Gasteiger partial charge in [0.2, 0.25) is 0 Å². The summed E-state index contributed by atoms with van der Waals surface area (Å²) in [7, 11) is 1.95. The molecule has 0 aliphatic rings. The summed E-state index contributed by atoms with van der Waals surface area (Å²) in [6.07, 6.45) is 10.8. The fourth-order valence-corrected chi connectivity index (χ4v) is 4.24. The number of unbranched alkanes of at least 4 members (excludes halogenated alkanes) is 7. The van der Waals surface area contributed by atoms with Crippen molar-refractivity contribution in [2.24, 2.45) is 0 Å². The molecule has 0 radical (unpaired) electrons. The van der Waals surface area contributed by atoms with Crippen molar-refractivity contribution in [1.82, 2.24) is 0 Å². The second-order valence-corrected chi connectivity index (χ2v) is 9.18. The molecule has 0 unspecified atom stereocenters. The Bertz CT molecular complexity index is 565. The van der Waals surface area contributed by atoms with Crippen molar-refractivity contribution in [3.8, 4) is 0 Å². The van der Waals surface area contributed by atoms with Gasteiger partial charge in [0.05, 0.1) is 4.90 Å². The van der Waals surface area contributed by atoms with Crippen LogP contribution in [0.4, 0.5) is 0 Å². The molecule has 1 rings (SSSR count). The molecule has 0 N–H and O–H groups in total. The number of hydrogen-bond donors (Lipinski definition) is 0. The highest BCUT2D eigenvalue weighted by molar-refractivity contribution is 8.13. The van der Waals surface area contributed by atoms with Gasteiger partial charge in [-0.25, -0.2) is 8.42 Å². The molecule has 2 nitrogen and oxygen atoms in total. The Hall–Kier alpha value is -0.540. The highest BCUT2D eigenvalue weighted by Gasteiger charge is 2.19. The first-order valence-electron chi connectivity index (χ1n) is 8.94. The molecule has 0 bridgehead atoms. The minimum absolute atomic E-state index is 0.299. The van der Waals surface area contributed by atoms with Gasteiger partial charge in [-0.1, -0.05) is 77.8 Å². The molecule has 0 fully saturated rings. The van der Waals surface area contributed by atoms with Gasteiger partial charge < -0.3 is 0 Å². The third-order valence-electron chi connectivity index (χ3n) is 4.33. The molecule has 132 valence electrons. The molecule has 4 heteroatoms. The number of halogens is 1. The van der Waals surface area contributed by atoms with E-state index in [2.05, 4.69) is 20.8 Å². The molecule has 23 heavy (non-hydrogen) atoms. The van der Waals surface area contributed by atoms with Crippen LogP contribution in [0.5, 0.6) is 0 Å². The quantitative estimate of drug-likeness (QED) is 0.337. The van der Waals surface area contributed by atoms with E-state index in [4.69, 9.17) is 10.7 Å². The van der Waals surface area contributed by atoms with Crippen molar-refractivity contribution < 1.29 is 8.42 Å². The lowest BCUT2D eigenvalue weighted by molar-refractivity contribution is 0.572. The molecule has 0 aromatic heterocycles. The topological polar surface area (TPSA) is 34.1 Å². The van der Waals surface area contributed by atoms with Crippen LogP contribution in [0.25, 0.3) is 0 Å². The molecule has 1 aromatic carbocycles. The monoisotopic (exact) mass is 358 g/mol. The van der Waals surface area contributed by atoms with E-state index in [1.807, 2.05) is 6.07 Å². The van der Waals surface area contributed by atoms with Gasteiger partial charge in [-0.2, -0.15) is 0 Å². The first-order valence-corrected chi connectivity index (χ1v) is 11.2. The third-order valence-corrected chi connectivity index (χ3v) is 5.74. The van der Waals surface area contributed by atoms with E-state index >= 15 is 0 Å². The van der Waals surface area contributed by atoms with E-state index in [0.29, 0.717) is 10.8 Å². The fraction of sp³-hybridized carbons (Fsp3) is 0.684. The van der Waals surface area contributed by atoms with Crippen molar-refractivity contribution in [1.29, 1.82) is 0 Å². The van der Waals surface area contributed by atoms with Gasteiger partial charge in [0.15, 0.2) is 0 Å². The Morgan fingerprint density at radius 2 is 1.52 bits per heavy atom. The van der Waals surface area contributed by atoms with Crippen LogP contribution >= 0.6 is 10.7 Å². The van der Waals surface area contributed by atoms with Crippen LogP contribution in [0.3, 0.4) is 0 Å². The fourth-order valence-electron chi connectivity index (χ4n) is 3.06. The maximum absolute atomic E-state index is 11.8. The van der Waals surface area contributed by atoms with Crippen LogP contribution in [0.15, 0.2) is 23.1 Å². The van der Waals surface area contributed by atoms with E-state index in [9.17, 15) is 8.42 Å². The number of hydrogen-bond acceptors (Lipinski definition) is 2. The smallest absolute Gasteiger partial charge is 0.207 e. The van der Waals surface area contributed by atoms with Crippen LogP contribution in [-0.2, 0) is 15.5 Å². The van der Waals surface area contributed by atoms with Gasteiger partial charge >= 0.3 is 0 Å². The van der Waals surface area contributed by atoms with Crippen molar-refractivity contribution in [2.45, 2.75) is 89.4 Å². The van der Waals surface area contributed by atoms with Crippen LogP contribution in [0.1, 0.15) is 89.2 Å². The van der Waals surface area contributed by atoms with Gasteiger partial charge in [0.1, 0.15) is 0 Å². The summed E-state index contributed by atoms with van der Waals surface area (Å²) in [5.41, 5.74) is 2.03. The summed E-state index contributed by atoms with van der Waals surface area (Å²) in [6.45, 7) is 6.42. The highest BCUT2D eigenvalue weighted by atomic mass is 35.7. The Balaban J connectivity index is 2.61. The van der Waals surface area contributed by atoms with Gasteiger partial charge in [0.25, 0.3) is 9.05 Å². The lowest BCUT2D eigenvalue weighted by atomic mass is 9.93. The standard InChI is InChI=1S/C19H31ClO2S/c1-4-5-6-7-8-9-10-11-13-18-17(16(2)3)14-12-15-19(18)23(20,21)22/h12,14-16H,4-11,13H2,1-3H3. The highest BCUT2D eigenvalue weighted by Crippen LogP contribution is 2.29. The predicted octanol–water partition coefficient (Wildman–Crippen LogP) is 6.42. The zero-order chi connectivity index (χ0) is 17.3. The molecule has 0 heterocycles. The van der Waals surface area contributed by atoms with Crippen LogP contribution < -0.4 is 0 Å². The molecule has 0 saturated carbocycles. The van der Waals surface area contributed by atoms with Crippen molar-refractivity contribution in [3.05, 3.63) is 29.3 Å². The normalized spacial score (nSPS) is 12.0. The lowest BCUT2D eigenvalue weighted by Crippen LogP contribution is -2.04. The zero-order valence-electron chi connectivity index (χ0n) is 14.8. The van der Waals surface area contributed by atoms with Crippen molar-refractivity contribution in [3.63, 3.8) is 0 Å². The third kappa shape index (κ3) is 7.26. The minimum Gasteiger partial charge on any atom is -0.207 e. The van der Waals surface area contributed by atoms with Gasteiger partial charge in [0, 0.05) is 10.7 Å². The van der Waals surface area contributed by atoms with Gasteiger partial charge in [-0.3, -0.25) is 0 Å². The molecule has 0 spiro atoms. The Labute approximate surface area is 147 Å². The molecule has 0 amide bonds. The summed E-state index contributed by atoms with van der Waals surface area (Å²) in [5, 5.41) is 0. The SMILES string of the molecule is CCCCCCCCCCc1c(C(C)C)cccc1S(=O)(=O)Cl. The zero-order valence-corrected chi connectivity index (χ0v) is 16.3. The maximum Gasteiger partial charge on any atom is 0.261 e. The Morgan fingerprint density at radius 1 is 0.957 bits per heavy atom. The van der Waals surface area contributed by atoms with E-state index in [0.717, 1.165) is 30.4 Å². The second-order valence-electron chi connectivity index (χ2n) is 6.64. The largest absolute Gasteiger partial charge is 0.261 e. The molecular weight excluding hydrogens is 328 g/mol. The Kier molecular flexibility index (Phi) is 9.23. The average molecular weight is 359 g/mol. The molecule has 0 aliphatic carbocycles. The van der Waals surface area contributed by atoms with Crippen LogP contribution in [0.2, 0.25) is 0 Å². The van der Waals surface area contributed by atoms with E-state index in [1.165, 1.54) is 38.5 Å². The maximum atomic E-state index is 11.8. The van der Waals surface area contributed by atoms with E-state index in [-0.39, 0.29) is 0 Å². The minimum atomic E-state index is -3.67. The molecule has 0 saturated heterocycles. The number of benzene rings is 1. The second kappa shape index (κ2) is 10.4. The van der Waals surface area contributed by atoms with Crippen molar-refractivity contribution >= 4 is 19.7 Å². The van der Waals surface area contributed by atoms with Crippen LogP contribution in [0, 0.1) is 0 Å². The average Bonchev–Trinajstić information content (AvgIpc) is 2.48. The van der Waals surface area contributed by atoms with Gasteiger partial charge in [-0.15, -0.1) is 0 Å². The molecule has 0 atom stereocenters. The molecule has 0 aliphatic heterocycles. The summed E-state index contributed by atoms with van der Waals surface area (Å²) in [5.74, 6) is 0.303. The molecular formula is C19H31ClO2S. The first kappa shape index (κ1) is 20.5. The van der Waals surface area contributed by atoms with E-state index in [1.54, 1.807) is 12.1 Å². The van der Waals surface area contributed by atoms with E-state index < -0.39 is 9.05 Å². The summed E-state index contributed by atoms with van der Waals surface area (Å²) < 4.78 is 23.7. The summed E-state index contributed by atoms with van der Waals surface area (Å²) >= 11 is 0. The summed E-state index contributed by atoms with van der Waals surface area (Å²) in [6, 6.07) is 5.45. The lowest BCUT2D eigenvalue weighted by Gasteiger charge is -2.16.